The van der Waals surface area contributed by atoms with Gasteiger partial charge in [0.15, 0.2) is 5.60 Å². The van der Waals surface area contributed by atoms with E-state index < -0.39 is 17.3 Å². The second kappa shape index (κ2) is 10.9. The fraction of sp³-hybridized carbons (Fsp3) is 0.519. The summed E-state index contributed by atoms with van der Waals surface area (Å²) in [6, 6.07) is 4.16. The van der Waals surface area contributed by atoms with Crippen molar-refractivity contribution in [3.05, 3.63) is 58.0 Å². The Balaban J connectivity index is 0.00000164. The van der Waals surface area contributed by atoms with Gasteiger partial charge >= 0.3 is 6.18 Å². The molecule has 0 radical (unpaired) electrons. The van der Waals surface area contributed by atoms with Crippen LogP contribution in [0.25, 0.3) is 5.78 Å². The van der Waals surface area contributed by atoms with Gasteiger partial charge in [-0.15, -0.1) is 0 Å². The van der Waals surface area contributed by atoms with Gasteiger partial charge < -0.3 is 19.7 Å². The first-order valence-electron chi connectivity index (χ1n) is 12.8. The maximum atomic E-state index is 13.6. The van der Waals surface area contributed by atoms with Gasteiger partial charge in [-0.1, -0.05) is 26.0 Å². The van der Waals surface area contributed by atoms with Crippen LogP contribution < -0.4 is 5.32 Å². The highest BCUT2D eigenvalue weighted by atomic mass is 19.4. The van der Waals surface area contributed by atoms with Crippen LogP contribution in [0.5, 0.6) is 0 Å². The van der Waals surface area contributed by atoms with E-state index in [-0.39, 0.29) is 18.0 Å². The Morgan fingerprint density at radius 2 is 1.89 bits per heavy atom. The molecule has 1 saturated heterocycles. The number of methoxy groups -OCH3 is 1. The maximum Gasteiger partial charge on any atom is 0.416 e. The van der Waals surface area contributed by atoms with Gasteiger partial charge in [0.1, 0.15) is 5.82 Å². The van der Waals surface area contributed by atoms with E-state index in [0.29, 0.717) is 56.3 Å². The highest BCUT2D eigenvalue weighted by Crippen LogP contribution is 2.36. The number of fused-ring (bicyclic) bond motifs is 3. The molecule has 4 heterocycles. The van der Waals surface area contributed by atoms with Crippen molar-refractivity contribution in [1.82, 2.24) is 19.3 Å². The minimum absolute atomic E-state index is 0.102. The van der Waals surface area contributed by atoms with Gasteiger partial charge in [0.25, 0.3) is 5.91 Å². The van der Waals surface area contributed by atoms with Crippen molar-refractivity contribution in [2.75, 3.05) is 25.6 Å². The summed E-state index contributed by atoms with van der Waals surface area (Å²) < 4.78 is 53.2. The van der Waals surface area contributed by atoms with Crippen LogP contribution in [0.2, 0.25) is 0 Å². The molecule has 1 N–H and O–H groups in total. The number of aromatic nitrogens is 3. The number of halogens is 3. The second-order valence-corrected chi connectivity index (χ2v) is 9.33. The molecule has 38 heavy (non-hydrogen) atoms. The fourth-order valence-corrected chi connectivity index (χ4v) is 5.18. The number of aryl methyl sites for hydroxylation is 1. The Hall–Kier alpha value is -3.18. The van der Waals surface area contributed by atoms with Crippen molar-refractivity contribution in [3.8, 4) is 0 Å². The average Bonchev–Trinajstić information content (AvgIpc) is 3.52. The van der Waals surface area contributed by atoms with E-state index in [1.807, 2.05) is 25.2 Å². The first-order chi connectivity index (χ1) is 18.1. The molecule has 11 heteroatoms. The van der Waals surface area contributed by atoms with Gasteiger partial charge in [0, 0.05) is 51.0 Å². The van der Waals surface area contributed by atoms with Gasteiger partial charge in [-0.05, 0) is 31.0 Å². The summed E-state index contributed by atoms with van der Waals surface area (Å²) in [5.74, 6) is 0.875. The molecule has 3 aromatic rings. The minimum Gasteiger partial charge on any atom is -0.381 e. The minimum atomic E-state index is -4.42. The van der Waals surface area contributed by atoms with Crippen molar-refractivity contribution in [2.24, 2.45) is 0 Å². The highest BCUT2D eigenvalue weighted by Gasteiger charge is 2.45. The van der Waals surface area contributed by atoms with Gasteiger partial charge in [-0.25, -0.2) is 4.98 Å². The summed E-state index contributed by atoms with van der Waals surface area (Å²) in [6.45, 7) is 9.11. The number of rotatable bonds is 5. The predicted molar refractivity (Wildman–Crippen MR) is 137 cm³/mol. The predicted octanol–water partition coefficient (Wildman–Crippen LogP) is 5.04. The largest absolute Gasteiger partial charge is 0.416 e. The highest BCUT2D eigenvalue weighted by molar-refractivity contribution is 5.86. The van der Waals surface area contributed by atoms with E-state index >= 15 is 0 Å². The Kier molecular flexibility index (Phi) is 7.98. The Labute approximate surface area is 220 Å². The quantitative estimate of drug-likeness (QED) is 0.495. The van der Waals surface area contributed by atoms with Crippen molar-refractivity contribution in [1.29, 1.82) is 0 Å². The van der Waals surface area contributed by atoms with E-state index in [2.05, 4.69) is 15.3 Å². The van der Waals surface area contributed by atoms with Gasteiger partial charge in [-0.2, -0.15) is 18.2 Å². The SMILES string of the molecule is CC.COC1(C(=O)N2Cc3c(NCc4cccc(C(F)(F)F)c4C)nc4ncc(C)n4c3C2)CCOCC1. The number of anilines is 1. The molecule has 2 aliphatic heterocycles. The number of ether oxygens (including phenoxy) is 2. The summed E-state index contributed by atoms with van der Waals surface area (Å²) in [6.07, 6.45) is -1.75. The van der Waals surface area contributed by atoms with Gasteiger partial charge in [0.2, 0.25) is 5.78 Å². The van der Waals surface area contributed by atoms with Crippen LogP contribution in [-0.4, -0.2) is 51.1 Å². The average molecular weight is 534 g/mol. The second-order valence-electron chi connectivity index (χ2n) is 9.33. The van der Waals surface area contributed by atoms with Crippen molar-refractivity contribution < 1.29 is 27.4 Å². The van der Waals surface area contributed by atoms with E-state index in [0.717, 1.165) is 23.0 Å². The molecule has 0 saturated carbocycles. The Morgan fingerprint density at radius 1 is 1.18 bits per heavy atom. The summed E-state index contributed by atoms with van der Waals surface area (Å²) in [5.41, 5.74) is 1.69. The molecule has 206 valence electrons. The third kappa shape index (κ3) is 4.96. The monoisotopic (exact) mass is 533 g/mol. The molecule has 0 bridgehead atoms. The van der Waals surface area contributed by atoms with Crippen molar-refractivity contribution in [2.45, 2.75) is 71.9 Å². The molecule has 2 aliphatic rings. The first-order valence-corrected chi connectivity index (χ1v) is 12.8. The standard InChI is InChI=1S/C25H28F3N5O3.C2H6/c1-15-11-30-23-31-21(29-12-17-5-4-6-19(16(17)2)25(26,27)28)18-13-32(14-20(18)33(15)23)22(34)24(35-3)7-9-36-10-8-24;1-2/h4-6,11H,7-10,12-14H2,1-3H3,(H,29,30,31);1-2H3. The number of alkyl halides is 3. The van der Waals surface area contributed by atoms with Gasteiger partial charge in [0.05, 0.1) is 30.5 Å². The number of carbonyl (C=O) groups excluding carboxylic acids is 1. The number of amides is 1. The lowest BCUT2D eigenvalue weighted by Gasteiger charge is -2.37. The van der Waals surface area contributed by atoms with Crippen LogP contribution >= 0.6 is 0 Å². The van der Waals surface area contributed by atoms with Crippen molar-refractivity contribution in [3.63, 3.8) is 0 Å². The molecule has 8 nitrogen and oxygen atoms in total. The molecule has 5 rings (SSSR count). The number of imidazole rings is 1. The third-order valence-electron chi connectivity index (χ3n) is 7.29. The zero-order valence-electron chi connectivity index (χ0n) is 22.4. The smallest absolute Gasteiger partial charge is 0.381 e. The van der Waals surface area contributed by atoms with Crippen molar-refractivity contribution >= 4 is 17.5 Å². The third-order valence-corrected chi connectivity index (χ3v) is 7.29. The van der Waals surface area contributed by atoms with Crippen LogP contribution in [0.15, 0.2) is 24.4 Å². The summed E-state index contributed by atoms with van der Waals surface area (Å²) in [5, 5.41) is 3.22. The molecular weight excluding hydrogens is 499 g/mol. The number of nitrogens with zero attached hydrogens (tertiary/aromatic N) is 4. The number of hydrogen-bond acceptors (Lipinski definition) is 6. The number of carbonyl (C=O) groups is 1. The van der Waals surface area contributed by atoms with Crippen LogP contribution in [0.1, 0.15) is 60.3 Å². The van der Waals surface area contributed by atoms with E-state index in [1.54, 1.807) is 24.3 Å². The number of nitrogens with one attached hydrogen (secondary N) is 1. The molecule has 0 atom stereocenters. The zero-order chi connectivity index (χ0) is 27.7. The van der Waals surface area contributed by atoms with E-state index in [1.165, 1.54) is 13.0 Å². The molecule has 0 spiro atoms. The topological polar surface area (TPSA) is 81.0 Å². The van der Waals surface area contributed by atoms with Crippen LogP contribution in [0, 0.1) is 13.8 Å². The first kappa shape index (κ1) is 27.8. The molecular formula is C27H34F3N5O3. The normalized spacial score (nSPS) is 16.7. The molecule has 0 aliphatic carbocycles. The Bertz CT molecular complexity index is 1320. The molecule has 1 aromatic carbocycles. The fourth-order valence-electron chi connectivity index (χ4n) is 5.18. The lowest BCUT2D eigenvalue weighted by atomic mass is 9.92. The number of benzene rings is 1. The summed E-state index contributed by atoms with van der Waals surface area (Å²) in [4.78, 5) is 24.4. The van der Waals surface area contributed by atoms with Crippen LogP contribution in [0.3, 0.4) is 0 Å². The van der Waals surface area contributed by atoms with Crippen LogP contribution in [0.4, 0.5) is 19.0 Å². The molecule has 2 aromatic heterocycles. The number of hydrogen-bond donors (Lipinski definition) is 1. The molecule has 0 unspecified atom stereocenters. The zero-order valence-corrected chi connectivity index (χ0v) is 22.4. The summed E-state index contributed by atoms with van der Waals surface area (Å²) in [7, 11) is 1.55. The molecule has 1 fully saturated rings. The van der Waals surface area contributed by atoms with Crippen LogP contribution in [-0.2, 0) is 40.1 Å². The van der Waals surface area contributed by atoms with E-state index in [4.69, 9.17) is 9.47 Å². The van der Waals surface area contributed by atoms with Gasteiger partial charge in [-0.3, -0.25) is 9.20 Å². The summed E-state index contributed by atoms with van der Waals surface area (Å²) >= 11 is 0. The lowest BCUT2D eigenvalue weighted by molar-refractivity contribution is -0.167. The maximum absolute atomic E-state index is 13.6. The lowest BCUT2D eigenvalue weighted by Crippen LogP contribution is -2.51. The Morgan fingerprint density at radius 3 is 2.55 bits per heavy atom. The van der Waals surface area contributed by atoms with E-state index in [9.17, 15) is 18.0 Å². The molecule has 1 amide bonds.